The molecule has 0 unspecified atom stereocenters. The molecule has 0 radical (unpaired) electrons. The van der Waals surface area contributed by atoms with Gasteiger partial charge in [0.2, 0.25) is 0 Å². The maximum absolute atomic E-state index is 11.0. The van der Waals surface area contributed by atoms with Gasteiger partial charge in [0.25, 0.3) is 0 Å². The lowest BCUT2D eigenvalue weighted by Gasteiger charge is -2.41. The van der Waals surface area contributed by atoms with Gasteiger partial charge >= 0.3 is 0 Å². The highest BCUT2D eigenvalue weighted by molar-refractivity contribution is 5.62. The lowest BCUT2D eigenvalue weighted by molar-refractivity contribution is -0.266. The van der Waals surface area contributed by atoms with Gasteiger partial charge in [0, 0.05) is 18.7 Å². The van der Waals surface area contributed by atoms with E-state index in [1.165, 1.54) is 4.90 Å². The Morgan fingerprint density at radius 3 is 2.30 bits per heavy atom. The Morgan fingerprint density at radius 1 is 1.04 bits per heavy atom. The SMILES string of the molecule is CC1(c2ccccc2Oc2ccccc2)CCN(C(=O)[O-])CC1. The summed E-state index contributed by atoms with van der Waals surface area (Å²) < 4.78 is 6.06. The number of nitrogens with zero attached hydrogens (tertiary/aromatic N) is 1. The van der Waals surface area contributed by atoms with Crippen LogP contribution in [0, 0.1) is 0 Å². The first-order valence-electron chi connectivity index (χ1n) is 7.87. The monoisotopic (exact) mass is 310 g/mol. The third-order valence-corrected chi connectivity index (χ3v) is 4.63. The second kappa shape index (κ2) is 6.32. The van der Waals surface area contributed by atoms with Crippen molar-refractivity contribution in [3.63, 3.8) is 0 Å². The lowest BCUT2D eigenvalue weighted by atomic mass is 9.74. The highest BCUT2D eigenvalue weighted by atomic mass is 16.5. The zero-order valence-electron chi connectivity index (χ0n) is 13.2. The van der Waals surface area contributed by atoms with Crippen LogP contribution in [0.2, 0.25) is 0 Å². The van der Waals surface area contributed by atoms with E-state index in [9.17, 15) is 9.90 Å². The normalized spacial score (nSPS) is 16.8. The molecule has 1 saturated heterocycles. The summed E-state index contributed by atoms with van der Waals surface area (Å²) in [6, 6.07) is 17.7. The minimum absolute atomic E-state index is 0.0999. The Bertz CT molecular complexity index is 676. The molecule has 0 aliphatic carbocycles. The van der Waals surface area contributed by atoms with E-state index in [-0.39, 0.29) is 5.41 Å². The Hall–Kier alpha value is -2.49. The smallest absolute Gasteiger partial charge is 0.136 e. The fourth-order valence-corrected chi connectivity index (χ4v) is 3.12. The Labute approximate surface area is 136 Å². The molecule has 0 saturated carbocycles. The molecule has 4 heteroatoms. The Balaban J connectivity index is 1.84. The average Bonchev–Trinajstić information content (AvgIpc) is 2.56. The maximum atomic E-state index is 11.0. The number of rotatable bonds is 3. The van der Waals surface area contributed by atoms with Gasteiger partial charge in [-0.05, 0) is 36.5 Å². The van der Waals surface area contributed by atoms with Crippen LogP contribution >= 0.6 is 0 Å². The van der Waals surface area contributed by atoms with Crippen LogP contribution in [0.1, 0.15) is 25.3 Å². The maximum Gasteiger partial charge on any atom is 0.136 e. The van der Waals surface area contributed by atoms with E-state index in [1.54, 1.807) is 0 Å². The summed E-state index contributed by atoms with van der Waals surface area (Å²) in [6.45, 7) is 3.17. The molecule has 0 spiro atoms. The van der Waals surface area contributed by atoms with E-state index >= 15 is 0 Å². The van der Waals surface area contributed by atoms with Crippen molar-refractivity contribution in [2.24, 2.45) is 0 Å². The predicted octanol–water partition coefficient (Wildman–Crippen LogP) is 3.18. The molecule has 4 nitrogen and oxygen atoms in total. The molecule has 0 aromatic heterocycles. The van der Waals surface area contributed by atoms with E-state index in [1.807, 2.05) is 48.5 Å². The molecule has 0 N–H and O–H groups in total. The van der Waals surface area contributed by atoms with Crippen LogP contribution < -0.4 is 9.84 Å². The molecule has 1 fully saturated rings. The first-order valence-corrected chi connectivity index (χ1v) is 7.87. The summed E-state index contributed by atoms with van der Waals surface area (Å²) in [5.41, 5.74) is 1.03. The molecule has 1 aliphatic rings. The van der Waals surface area contributed by atoms with Gasteiger partial charge < -0.3 is 19.5 Å². The summed E-state index contributed by atoms with van der Waals surface area (Å²) in [5, 5.41) is 11.0. The van der Waals surface area contributed by atoms with E-state index in [4.69, 9.17) is 4.74 Å². The number of para-hydroxylation sites is 2. The molecule has 1 amide bonds. The summed E-state index contributed by atoms with van der Waals surface area (Å²) in [6.07, 6.45) is 0.438. The van der Waals surface area contributed by atoms with Crippen LogP contribution in [0.5, 0.6) is 11.5 Å². The molecular formula is C19H20NO3-. The standard InChI is InChI=1S/C19H21NO3/c1-19(11-13-20(14-12-19)18(21)22)16-9-5-6-10-17(16)23-15-7-3-2-4-8-15/h2-10H,11-14H2,1H3,(H,21,22)/p-1. The van der Waals surface area contributed by atoms with Crippen molar-refractivity contribution >= 4 is 6.09 Å². The van der Waals surface area contributed by atoms with Crippen LogP contribution in [0.25, 0.3) is 0 Å². The van der Waals surface area contributed by atoms with E-state index in [2.05, 4.69) is 13.0 Å². The van der Waals surface area contributed by atoms with Crippen LogP contribution in [-0.4, -0.2) is 24.1 Å². The number of carboxylic acid groups (broad SMARTS) is 1. The predicted molar refractivity (Wildman–Crippen MR) is 86.5 cm³/mol. The van der Waals surface area contributed by atoms with Crippen molar-refractivity contribution in [2.45, 2.75) is 25.2 Å². The number of hydrogen-bond donors (Lipinski definition) is 0. The highest BCUT2D eigenvalue weighted by Crippen LogP contribution is 2.41. The molecule has 0 atom stereocenters. The van der Waals surface area contributed by atoms with E-state index < -0.39 is 6.09 Å². The molecule has 2 aromatic rings. The number of hydrogen-bond acceptors (Lipinski definition) is 3. The molecular weight excluding hydrogens is 290 g/mol. The number of piperidine rings is 1. The number of amides is 1. The van der Waals surface area contributed by atoms with Crippen molar-refractivity contribution in [3.05, 3.63) is 60.2 Å². The minimum atomic E-state index is -1.08. The summed E-state index contributed by atoms with van der Waals surface area (Å²) in [7, 11) is 0. The second-order valence-corrected chi connectivity index (χ2v) is 6.22. The summed E-state index contributed by atoms with van der Waals surface area (Å²) in [4.78, 5) is 12.4. The fraction of sp³-hybridized carbons (Fsp3) is 0.316. The molecule has 1 aliphatic heterocycles. The van der Waals surface area contributed by atoms with Gasteiger partial charge in [-0.1, -0.05) is 43.3 Å². The molecule has 23 heavy (non-hydrogen) atoms. The third-order valence-electron chi connectivity index (χ3n) is 4.63. The van der Waals surface area contributed by atoms with E-state index in [0.717, 1.165) is 29.9 Å². The van der Waals surface area contributed by atoms with Crippen molar-refractivity contribution in [1.82, 2.24) is 4.90 Å². The van der Waals surface area contributed by atoms with Crippen molar-refractivity contribution in [1.29, 1.82) is 0 Å². The first kappa shape index (κ1) is 15.4. The number of benzene rings is 2. The summed E-state index contributed by atoms with van der Waals surface area (Å²) in [5.74, 6) is 1.64. The van der Waals surface area contributed by atoms with E-state index in [0.29, 0.717) is 13.1 Å². The Kier molecular flexibility index (Phi) is 4.24. The van der Waals surface area contributed by atoms with Gasteiger partial charge in [0.1, 0.15) is 17.6 Å². The van der Waals surface area contributed by atoms with Gasteiger partial charge in [-0.3, -0.25) is 0 Å². The fourth-order valence-electron chi connectivity index (χ4n) is 3.12. The lowest BCUT2D eigenvalue weighted by Crippen LogP contribution is -2.48. The second-order valence-electron chi connectivity index (χ2n) is 6.22. The van der Waals surface area contributed by atoms with Crippen LogP contribution in [0.3, 0.4) is 0 Å². The quantitative estimate of drug-likeness (QED) is 0.875. The number of likely N-dealkylation sites (tertiary alicyclic amines) is 1. The molecule has 0 bridgehead atoms. The van der Waals surface area contributed by atoms with Crippen molar-refractivity contribution in [3.8, 4) is 11.5 Å². The van der Waals surface area contributed by atoms with Gasteiger partial charge in [-0.15, -0.1) is 0 Å². The van der Waals surface area contributed by atoms with Gasteiger partial charge in [-0.25, -0.2) is 0 Å². The zero-order chi connectivity index (χ0) is 16.3. The van der Waals surface area contributed by atoms with Crippen LogP contribution in [0.15, 0.2) is 54.6 Å². The molecule has 3 rings (SSSR count). The first-order chi connectivity index (χ1) is 11.1. The summed E-state index contributed by atoms with van der Waals surface area (Å²) >= 11 is 0. The van der Waals surface area contributed by atoms with Gasteiger partial charge in [-0.2, -0.15) is 0 Å². The van der Waals surface area contributed by atoms with Crippen LogP contribution in [-0.2, 0) is 5.41 Å². The number of ether oxygens (including phenoxy) is 1. The number of carbonyl (C=O) groups excluding carboxylic acids is 1. The minimum Gasteiger partial charge on any atom is -0.530 e. The molecule has 120 valence electrons. The van der Waals surface area contributed by atoms with Crippen molar-refractivity contribution in [2.75, 3.05) is 13.1 Å². The zero-order valence-corrected chi connectivity index (χ0v) is 13.2. The van der Waals surface area contributed by atoms with Gasteiger partial charge in [0.15, 0.2) is 0 Å². The average molecular weight is 310 g/mol. The molecule has 1 heterocycles. The highest BCUT2D eigenvalue weighted by Gasteiger charge is 2.34. The Morgan fingerprint density at radius 2 is 1.65 bits per heavy atom. The third kappa shape index (κ3) is 3.31. The van der Waals surface area contributed by atoms with Crippen molar-refractivity contribution < 1.29 is 14.6 Å². The van der Waals surface area contributed by atoms with Gasteiger partial charge in [0.05, 0.1) is 0 Å². The number of carbonyl (C=O) groups is 1. The molecule has 2 aromatic carbocycles. The largest absolute Gasteiger partial charge is 0.530 e. The van der Waals surface area contributed by atoms with Crippen LogP contribution in [0.4, 0.5) is 4.79 Å². The topological polar surface area (TPSA) is 52.6 Å².